The molecule has 104 valence electrons. The molecule has 0 saturated heterocycles. The van der Waals surface area contributed by atoms with E-state index in [2.05, 4.69) is 5.32 Å². The number of amides is 1. The van der Waals surface area contributed by atoms with Crippen molar-refractivity contribution in [2.45, 2.75) is 6.42 Å². The van der Waals surface area contributed by atoms with E-state index in [1.165, 1.54) is 6.08 Å². The van der Waals surface area contributed by atoms with Crippen LogP contribution in [-0.2, 0) is 9.53 Å². The van der Waals surface area contributed by atoms with Crippen LogP contribution in [0.3, 0.4) is 0 Å². The number of carbonyl (C=O) groups excluding carboxylic acids is 1. The highest BCUT2D eigenvalue weighted by atomic mass is 35.5. The Balaban J connectivity index is 2.20. The van der Waals surface area contributed by atoms with Crippen LogP contribution in [0.15, 0.2) is 30.3 Å². The third kappa shape index (κ3) is 7.62. The Hall–Kier alpha value is -1.36. The standard InChI is InChI=1S/C14H18ClNO3/c15-13-4-1-3-12(11-13)5-6-14(18)16-7-2-9-19-10-8-17/h1,3-6,11,17H,2,7-10H2,(H,16,18)/b6-5+. The zero-order chi connectivity index (χ0) is 13.9. The summed E-state index contributed by atoms with van der Waals surface area (Å²) in [6.07, 6.45) is 3.90. The molecule has 0 aromatic heterocycles. The number of benzene rings is 1. The summed E-state index contributed by atoms with van der Waals surface area (Å²) >= 11 is 5.84. The first-order valence-corrected chi connectivity index (χ1v) is 6.50. The second-order valence-corrected chi connectivity index (χ2v) is 4.31. The van der Waals surface area contributed by atoms with E-state index in [0.29, 0.717) is 24.8 Å². The van der Waals surface area contributed by atoms with Crippen LogP contribution in [0, 0.1) is 0 Å². The maximum absolute atomic E-state index is 11.5. The van der Waals surface area contributed by atoms with Gasteiger partial charge in [0.15, 0.2) is 0 Å². The number of aliphatic hydroxyl groups is 1. The fourth-order valence-corrected chi connectivity index (χ4v) is 1.59. The molecule has 0 unspecified atom stereocenters. The van der Waals surface area contributed by atoms with Gasteiger partial charge in [0.25, 0.3) is 0 Å². The van der Waals surface area contributed by atoms with Crippen LogP contribution in [0.25, 0.3) is 6.08 Å². The average molecular weight is 284 g/mol. The molecule has 0 aliphatic carbocycles. The first kappa shape index (κ1) is 15.7. The lowest BCUT2D eigenvalue weighted by molar-refractivity contribution is -0.116. The van der Waals surface area contributed by atoms with E-state index < -0.39 is 0 Å². The minimum absolute atomic E-state index is 0.0226. The molecule has 0 spiro atoms. The Kier molecular flexibility index (Phi) is 7.89. The first-order valence-electron chi connectivity index (χ1n) is 6.12. The molecule has 19 heavy (non-hydrogen) atoms. The Morgan fingerprint density at radius 3 is 3.00 bits per heavy atom. The van der Waals surface area contributed by atoms with Crippen LogP contribution in [0.4, 0.5) is 0 Å². The lowest BCUT2D eigenvalue weighted by Crippen LogP contribution is -2.23. The summed E-state index contributed by atoms with van der Waals surface area (Å²) < 4.78 is 5.07. The Bertz CT molecular complexity index is 421. The van der Waals surface area contributed by atoms with Crippen molar-refractivity contribution in [3.05, 3.63) is 40.9 Å². The van der Waals surface area contributed by atoms with Gasteiger partial charge in [0.05, 0.1) is 13.2 Å². The molecule has 0 heterocycles. The SMILES string of the molecule is O=C(/C=C/c1cccc(Cl)c1)NCCCOCCO. The van der Waals surface area contributed by atoms with Gasteiger partial charge in [0.2, 0.25) is 5.91 Å². The molecule has 0 saturated carbocycles. The molecule has 5 heteroatoms. The fraction of sp³-hybridized carbons (Fsp3) is 0.357. The number of nitrogens with one attached hydrogen (secondary N) is 1. The van der Waals surface area contributed by atoms with Gasteiger partial charge in [-0.2, -0.15) is 0 Å². The predicted octanol–water partition coefficient (Wildman–Crippen LogP) is 1.87. The molecule has 0 atom stereocenters. The van der Waals surface area contributed by atoms with E-state index in [4.69, 9.17) is 21.4 Å². The highest BCUT2D eigenvalue weighted by Crippen LogP contribution is 2.11. The molecule has 1 rings (SSSR count). The van der Waals surface area contributed by atoms with Gasteiger partial charge < -0.3 is 15.2 Å². The minimum atomic E-state index is -0.151. The molecule has 4 nitrogen and oxygen atoms in total. The van der Waals surface area contributed by atoms with E-state index in [-0.39, 0.29) is 12.5 Å². The van der Waals surface area contributed by atoms with E-state index in [0.717, 1.165) is 12.0 Å². The molecule has 1 amide bonds. The van der Waals surface area contributed by atoms with Gasteiger partial charge in [-0.15, -0.1) is 0 Å². The summed E-state index contributed by atoms with van der Waals surface area (Å²) in [4.78, 5) is 11.5. The van der Waals surface area contributed by atoms with Crippen molar-refractivity contribution in [1.82, 2.24) is 5.32 Å². The predicted molar refractivity (Wildman–Crippen MR) is 76.0 cm³/mol. The second-order valence-electron chi connectivity index (χ2n) is 3.87. The van der Waals surface area contributed by atoms with E-state index in [9.17, 15) is 4.79 Å². The zero-order valence-electron chi connectivity index (χ0n) is 10.6. The van der Waals surface area contributed by atoms with Crippen molar-refractivity contribution >= 4 is 23.6 Å². The summed E-state index contributed by atoms with van der Waals surface area (Å²) in [6, 6.07) is 7.27. The largest absolute Gasteiger partial charge is 0.394 e. The van der Waals surface area contributed by atoms with Crippen molar-refractivity contribution in [2.24, 2.45) is 0 Å². The number of rotatable bonds is 8. The van der Waals surface area contributed by atoms with Crippen LogP contribution in [0.2, 0.25) is 5.02 Å². The van der Waals surface area contributed by atoms with Crippen LogP contribution in [0.1, 0.15) is 12.0 Å². The minimum Gasteiger partial charge on any atom is -0.394 e. The van der Waals surface area contributed by atoms with Crippen LogP contribution < -0.4 is 5.32 Å². The number of ether oxygens (including phenoxy) is 1. The highest BCUT2D eigenvalue weighted by Gasteiger charge is 1.95. The van der Waals surface area contributed by atoms with Gasteiger partial charge in [0.1, 0.15) is 0 Å². The van der Waals surface area contributed by atoms with Gasteiger partial charge in [-0.1, -0.05) is 23.7 Å². The van der Waals surface area contributed by atoms with E-state index in [1.807, 2.05) is 12.1 Å². The summed E-state index contributed by atoms with van der Waals surface area (Å²) in [5.41, 5.74) is 0.883. The van der Waals surface area contributed by atoms with Gasteiger partial charge in [-0.25, -0.2) is 0 Å². The van der Waals surface area contributed by atoms with Gasteiger partial charge in [-0.3, -0.25) is 4.79 Å². The lowest BCUT2D eigenvalue weighted by atomic mass is 10.2. The van der Waals surface area contributed by atoms with Crippen molar-refractivity contribution < 1.29 is 14.6 Å². The normalized spacial score (nSPS) is 10.8. The first-order chi connectivity index (χ1) is 9.22. The molecule has 0 bridgehead atoms. The Morgan fingerprint density at radius 2 is 2.26 bits per heavy atom. The summed E-state index contributed by atoms with van der Waals surface area (Å²) in [5.74, 6) is -0.151. The molecule has 1 aromatic rings. The molecule has 0 aliphatic heterocycles. The molecule has 1 aromatic carbocycles. The highest BCUT2D eigenvalue weighted by molar-refractivity contribution is 6.30. The number of aliphatic hydroxyl groups excluding tert-OH is 1. The topological polar surface area (TPSA) is 58.6 Å². The molecular formula is C14H18ClNO3. The second kappa shape index (κ2) is 9.55. The quantitative estimate of drug-likeness (QED) is 0.566. The van der Waals surface area contributed by atoms with E-state index in [1.54, 1.807) is 18.2 Å². The van der Waals surface area contributed by atoms with Crippen LogP contribution in [-0.4, -0.2) is 37.4 Å². The maximum atomic E-state index is 11.5. The summed E-state index contributed by atoms with van der Waals surface area (Å²) in [7, 11) is 0. The van der Waals surface area contributed by atoms with Gasteiger partial charge in [0, 0.05) is 24.3 Å². The van der Waals surface area contributed by atoms with Crippen molar-refractivity contribution in [1.29, 1.82) is 0 Å². The lowest BCUT2D eigenvalue weighted by Gasteiger charge is -2.03. The average Bonchev–Trinajstić information content (AvgIpc) is 2.40. The zero-order valence-corrected chi connectivity index (χ0v) is 11.4. The molecule has 2 N–H and O–H groups in total. The molecular weight excluding hydrogens is 266 g/mol. The summed E-state index contributed by atoms with van der Waals surface area (Å²) in [6.45, 7) is 1.43. The van der Waals surface area contributed by atoms with Gasteiger partial charge >= 0.3 is 0 Å². The third-order valence-corrected chi connectivity index (χ3v) is 2.51. The molecule has 0 radical (unpaired) electrons. The van der Waals surface area contributed by atoms with Crippen LogP contribution in [0.5, 0.6) is 0 Å². The third-order valence-electron chi connectivity index (χ3n) is 2.28. The fourth-order valence-electron chi connectivity index (χ4n) is 1.39. The maximum Gasteiger partial charge on any atom is 0.244 e. The Labute approximate surface area is 118 Å². The number of hydrogen-bond acceptors (Lipinski definition) is 3. The Morgan fingerprint density at radius 1 is 1.42 bits per heavy atom. The van der Waals surface area contributed by atoms with Gasteiger partial charge in [-0.05, 0) is 30.2 Å². The summed E-state index contributed by atoms with van der Waals surface area (Å²) in [5, 5.41) is 11.9. The molecule has 0 fully saturated rings. The number of halogens is 1. The number of hydrogen-bond donors (Lipinski definition) is 2. The molecule has 0 aliphatic rings. The van der Waals surface area contributed by atoms with Crippen molar-refractivity contribution in [3.63, 3.8) is 0 Å². The smallest absolute Gasteiger partial charge is 0.244 e. The number of carbonyl (C=O) groups is 1. The monoisotopic (exact) mass is 283 g/mol. The van der Waals surface area contributed by atoms with Crippen molar-refractivity contribution in [2.75, 3.05) is 26.4 Å². The van der Waals surface area contributed by atoms with Crippen LogP contribution >= 0.6 is 11.6 Å². The van der Waals surface area contributed by atoms with E-state index >= 15 is 0 Å². The van der Waals surface area contributed by atoms with Crippen molar-refractivity contribution in [3.8, 4) is 0 Å².